The molecule has 0 radical (unpaired) electrons. The molecule has 4 nitrogen and oxygen atoms in total. The van der Waals surface area contributed by atoms with Crippen LogP contribution in [0.15, 0.2) is 47.4 Å². The van der Waals surface area contributed by atoms with Gasteiger partial charge in [-0.3, -0.25) is 4.79 Å². The molecule has 2 aromatic rings. The maximum atomic E-state index is 13.6. The highest BCUT2D eigenvalue weighted by Crippen LogP contribution is 2.38. The van der Waals surface area contributed by atoms with Gasteiger partial charge in [0.25, 0.3) is 5.91 Å². The van der Waals surface area contributed by atoms with Gasteiger partial charge in [-0.15, -0.1) is 11.8 Å². The van der Waals surface area contributed by atoms with Gasteiger partial charge in [0.05, 0.1) is 23.4 Å². The number of alkyl halides is 3. The lowest BCUT2D eigenvalue weighted by Gasteiger charge is -2.17. The molecular weight excluding hydrogens is 403 g/mol. The molecular formula is C21H24F3NO3S. The summed E-state index contributed by atoms with van der Waals surface area (Å²) >= 11 is 1.37. The summed E-state index contributed by atoms with van der Waals surface area (Å²) in [6.45, 7) is 4.47. The van der Waals surface area contributed by atoms with Gasteiger partial charge in [0.2, 0.25) is 0 Å². The third kappa shape index (κ3) is 6.68. The Labute approximate surface area is 172 Å². The predicted molar refractivity (Wildman–Crippen MR) is 109 cm³/mol. The molecule has 0 aliphatic rings. The van der Waals surface area contributed by atoms with Gasteiger partial charge >= 0.3 is 6.18 Å². The SMILES string of the molecule is CC[C@H](C)Sc1ccc(NC(=O)c2ccccc2OCCOC)c(C(F)(F)F)c1. The molecule has 0 aliphatic carbocycles. The van der Waals surface area contributed by atoms with Crippen LogP contribution in [0.5, 0.6) is 5.75 Å². The van der Waals surface area contributed by atoms with Crippen molar-refractivity contribution in [1.29, 1.82) is 0 Å². The number of thioether (sulfide) groups is 1. The summed E-state index contributed by atoms with van der Waals surface area (Å²) in [7, 11) is 1.52. The number of ether oxygens (including phenoxy) is 2. The second-order valence-electron chi connectivity index (χ2n) is 6.33. The summed E-state index contributed by atoms with van der Waals surface area (Å²) < 4.78 is 51.2. The monoisotopic (exact) mass is 427 g/mol. The third-order valence-corrected chi connectivity index (χ3v) is 5.40. The van der Waals surface area contributed by atoms with Crippen LogP contribution < -0.4 is 10.1 Å². The molecule has 1 amide bonds. The first-order chi connectivity index (χ1) is 13.8. The van der Waals surface area contributed by atoms with Crippen molar-refractivity contribution in [2.24, 2.45) is 0 Å². The van der Waals surface area contributed by atoms with Gasteiger partial charge in [-0.1, -0.05) is 26.0 Å². The molecule has 0 bridgehead atoms. The van der Waals surface area contributed by atoms with Gasteiger partial charge in [0, 0.05) is 17.3 Å². The smallest absolute Gasteiger partial charge is 0.418 e. The second kappa shape index (κ2) is 10.5. The highest BCUT2D eigenvalue weighted by Gasteiger charge is 2.34. The minimum Gasteiger partial charge on any atom is -0.490 e. The fraction of sp³-hybridized carbons (Fsp3) is 0.381. The number of halogens is 3. The summed E-state index contributed by atoms with van der Waals surface area (Å²) in [5.41, 5.74) is -1.02. The Morgan fingerprint density at radius 2 is 1.90 bits per heavy atom. The third-order valence-electron chi connectivity index (χ3n) is 4.13. The average Bonchev–Trinajstić information content (AvgIpc) is 2.68. The van der Waals surface area contributed by atoms with Crippen LogP contribution in [0.2, 0.25) is 0 Å². The fourth-order valence-corrected chi connectivity index (χ4v) is 3.42. The Kier molecular flexibility index (Phi) is 8.40. The summed E-state index contributed by atoms with van der Waals surface area (Å²) in [5.74, 6) is -0.398. The topological polar surface area (TPSA) is 47.6 Å². The first-order valence-corrected chi connectivity index (χ1v) is 10.0. The van der Waals surface area contributed by atoms with Crippen molar-refractivity contribution in [3.63, 3.8) is 0 Å². The lowest BCUT2D eigenvalue weighted by Crippen LogP contribution is -2.18. The predicted octanol–water partition coefficient (Wildman–Crippen LogP) is 5.87. The second-order valence-corrected chi connectivity index (χ2v) is 7.85. The molecule has 8 heteroatoms. The quantitative estimate of drug-likeness (QED) is 0.401. The summed E-state index contributed by atoms with van der Waals surface area (Å²) in [6.07, 6.45) is -3.76. The largest absolute Gasteiger partial charge is 0.490 e. The molecule has 0 spiro atoms. The van der Waals surface area contributed by atoms with Crippen molar-refractivity contribution >= 4 is 23.4 Å². The number of carbonyl (C=O) groups excluding carboxylic acids is 1. The maximum Gasteiger partial charge on any atom is 0.418 e. The molecule has 0 aliphatic heterocycles. The average molecular weight is 427 g/mol. The van der Waals surface area contributed by atoms with Crippen molar-refractivity contribution in [2.75, 3.05) is 25.6 Å². The zero-order valence-electron chi connectivity index (χ0n) is 16.5. The van der Waals surface area contributed by atoms with E-state index >= 15 is 0 Å². The van der Waals surface area contributed by atoms with Crippen LogP contribution >= 0.6 is 11.8 Å². The van der Waals surface area contributed by atoms with Crippen LogP contribution in [0.4, 0.5) is 18.9 Å². The number of carbonyl (C=O) groups is 1. The molecule has 0 unspecified atom stereocenters. The van der Waals surface area contributed by atoms with Gasteiger partial charge in [0.15, 0.2) is 0 Å². The van der Waals surface area contributed by atoms with Crippen LogP contribution in [0.25, 0.3) is 0 Å². The Morgan fingerprint density at radius 1 is 1.17 bits per heavy atom. The minimum atomic E-state index is -4.59. The molecule has 0 aromatic heterocycles. The van der Waals surface area contributed by atoms with E-state index < -0.39 is 17.6 Å². The highest BCUT2D eigenvalue weighted by atomic mass is 32.2. The zero-order chi connectivity index (χ0) is 21.4. The fourth-order valence-electron chi connectivity index (χ4n) is 2.46. The minimum absolute atomic E-state index is 0.148. The Bertz CT molecular complexity index is 827. The summed E-state index contributed by atoms with van der Waals surface area (Å²) in [5, 5.41) is 2.57. The Balaban J connectivity index is 2.28. The number of nitrogens with one attached hydrogen (secondary N) is 1. The number of rotatable bonds is 9. The standard InChI is InChI=1S/C21H24F3NO3S/c1-4-14(2)29-15-9-10-18(17(13-15)21(22,23)24)25-20(26)16-7-5-6-8-19(16)28-12-11-27-3/h5-10,13-14H,4,11-12H2,1-3H3,(H,25,26)/t14-/m0/s1. The van der Waals surface area contributed by atoms with E-state index in [-0.39, 0.29) is 28.9 Å². The summed E-state index contributed by atoms with van der Waals surface area (Å²) in [4.78, 5) is 13.2. The van der Waals surface area contributed by atoms with Gasteiger partial charge < -0.3 is 14.8 Å². The molecule has 1 N–H and O–H groups in total. The van der Waals surface area contributed by atoms with Gasteiger partial charge in [-0.05, 0) is 36.8 Å². The summed E-state index contributed by atoms with van der Waals surface area (Å²) in [6, 6.07) is 10.3. The van der Waals surface area contributed by atoms with Gasteiger partial charge in [-0.25, -0.2) is 0 Å². The van der Waals surface area contributed by atoms with Crippen molar-refractivity contribution < 1.29 is 27.4 Å². The van der Waals surface area contributed by atoms with Crippen molar-refractivity contribution in [3.8, 4) is 5.75 Å². The molecule has 2 aromatic carbocycles. The van der Waals surface area contributed by atoms with E-state index in [0.717, 1.165) is 12.5 Å². The molecule has 29 heavy (non-hydrogen) atoms. The molecule has 2 rings (SSSR count). The van der Waals surface area contributed by atoms with Crippen LogP contribution in [0.3, 0.4) is 0 Å². The molecule has 158 valence electrons. The molecule has 0 saturated heterocycles. The number of methoxy groups -OCH3 is 1. The van der Waals surface area contributed by atoms with Gasteiger partial charge in [-0.2, -0.15) is 13.2 Å². The number of hydrogen-bond donors (Lipinski definition) is 1. The maximum absolute atomic E-state index is 13.6. The zero-order valence-corrected chi connectivity index (χ0v) is 17.3. The number of para-hydroxylation sites is 1. The number of anilines is 1. The Morgan fingerprint density at radius 3 is 2.55 bits per heavy atom. The number of hydrogen-bond acceptors (Lipinski definition) is 4. The molecule has 0 saturated carbocycles. The van der Waals surface area contributed by atoms with Crippen LogP contribution in [-0.4, -0.2) is 31.5 Å². The highest BCUT2D eigenvalue weighted by molar-refractivity contribution is 7.99. The van der Waals surface area contributed by atoms with E-state index in [4.69, 9.17) is 9.47 Å². The van der Waals surface area contributed by atoms with E-state index in [1.54, 1.807) is 24.3 Å². The van der Waals surface area contributed by atoms with Crippen molar-refractivity contribution in [3.05, 3.63) is 53.6 Å². The van der Waals surface area contributed by atoms with E-state index in [9.17, 15) is 18.0 Å². The molecule has 0 fully saturated rings. The van der Waals surface area contributed by atoms with E-state index in [1.165, 1.54) is 31.0 Å². The normalized spacial score (nSPS) is 12.5. The van der Waals surface area contributed by atoms with Crippen LogP contribution in [0.1, 0.15) is 36.2 Å². The molecule has 0 heterocycles. The number of benzene rings is 2. The lowest BCUT2D eigenvalue weighted by molar-refractivity contribution is -0.137. The first kappa shape index (κ1) is 23.1. The Hall–Kier alpha value is -2.19. The molecule has 1 atom stereocenters. The van der Waals surface area contributed by atoms with E-state index in [1.807, 2.05) is 13.8 Å². The van der Waals surface area contributed by atoms with E-state index in [0.29, 0.717) is 11.5 Å². The van der Waals surface area contributed by atoms with Crippen molar-refractivity contribution in [2.45, 2.75) is 36.6 Å². The number of amides is 1. The van der Waals surface area contributed by atoms with E-state index in [2.05, 4.69) is 5.32 Å². The van der Waals surface area contributed by atoms with Gasteiger partial charge in [0.1, 0.15) is 12.4 Å². The van der Waals surface area contributed by atoms with Crippen LogP contribution in [0, 0.1) is 0 Å². The lowest BCUT2D eigenvalue weighted by atomic mass is 10.1. The first-order valence-electron chi connectivity index (χ1n) is 9.16. The van der Waals surface area contributed by atoms with Crippen LogP contribution in [-0.2, 0) is 10.9 Å². The van der Waals surface area contributed by atoms with Crippen molar-refractivity contribution in [1.82, 2.24) is 0 Å².